The third-order valence-corrected chi connectivity index (χ3v) is 6.06. The lowest BCUT2D eigenvalue weighted by molar-refractivity contribution is -0.111. The van der Waals surface area contributed by atoms with Gasteiger partial charge in [-0.1, -0.05) is 6.07 Å². The monoisotopic (exact) mass is 458 g/mol. The van der Waals surface area contributed by atoms with Gasteiger partial charge in [0.1, 0.15) is 16.3 Å². The van der Waals surface area contributed by atoms with Crippen LogP contribution in [0.3, 0.4) is 0 Å². The van der Waals surface area contributed by atoms with Crippen LogP contribution < -0.4 is 14.8 Å². The fourth-order valence-corrected chi connectivity index (χ4v) is 4.03. The predicted octanol–water partition coefficient (Wildman–Crippen LogP) is 3.20. The molecule has 0 unspecified atom stereocenters. The lowest BCUT2D eigenvalue weighted by Gasteiger charge is -2.09. The van der Waals surface area contributed by atoms with Gasteiger partial charge in [-0.3, -0.25) is 4.79 Å². The van der Waals surface area contributed by atoms with Crippen LogP contribution in [0.2, 0.25) is 0 Å². The number of ether oxygens (including phenoxy) is 1. The van der Waals surface area contributed by atoms with Crippen molar-refractivity contribution >= 4 is 27.7 Å². The molecule has 0 saturated heterocycles. The minimum absolute atomic E-state index is 0.0492. The van der Waals surface area contributed by atoms with E-state index in [1.165, 1.54) is 55.3 Å². The summed E-state index contributed by atoms with van der Waals surface area (Å²) in [5.41, 5.74) is 2.59. The summed E-state index contributed by atoms with van der Waals surface area (Å²) in [6, 6.07) is 10.7. The van der Waals surface area contributed by atoms with Gasteiger partial charge < -0.3 is 10.1 Å². The van der Waals surface area contributed by atoms with Crippen molar-refractivity contribution in [3.05, 3.63) is 71.3 Å². The van der Waals surface area contributed by atoms with Crippen LogP contribution in [-0.2, 0) is 14.8 Å². The number of hydrogen-bond donors (Lipinski definition) is 2. The molecule has 0 aliphatic heterocycles. The highest BCUT2D eigenvalue weighted by Gasteiger charge is 2.17. The Morgan fingerprint density at radius 3 is 2.50 bits per heavy atom. The summed E-state index contributed by atoms with van der Waals surface area (Å²) in [6.07, 6.45) is 2.68. The van der Waals surface area contributed by atoms with Crippen molar-refractivity contribution in [1.29, 1.82) is 0 Å². The smallest absolute Gasteiger partial charge is 0.248 e. The van der Waals surface area contributed by atoms with Crippen molar-refractivity contribution in [1.82, 2.24) is 14.5 Å². The van der Waals surface area contributed by atoms with Gasteiger partial charge in [0.05, 0.1) is 12.8 Å². The summed E-state index contributed by atoms with van der Waals surface area (Å²) in [6.45, 7) is 3.65. The molecule has 168 valence electrons. The molecule has 1 aromatic heterocycles. The molecule has 0 saturated carbocycles. The number of benzene rings is 2. The quantitative estimate of drug-likeness (QED) is 0.530. The van der Waals surface area contributed by atoms with Crippen molar-refractivity contribution in [2.24, 2.45) is 0 Å². The van der Waals surface area contributed by atoms with Crippen molar-refractivity contribution in [2.45, 2.75) is 18.7 Å². The number of methoxy groups -OCH3 is 1. The maximum atomic E-state index is 14.6. The molecule has 0 aliphatic carbocycles. The van der Waals surface area contributed by atoms with E-state index in [9.17, 15) is 17.6 Å². The number of carbonyl (C=O) groups is 1. The van der Waals surface area contributed by atoms with Crippen LogP contribution >= 0.6 is 0 Å². The van der Waals surface area contributed by atoms with E-state index < -0.39 is 21.7 Å². The molecule has 8 nitrogen and oxygen atoms in total. The number of amides is 1. The maximum Gasteiger partial charge on any atom is 0.248 e. The van der Waals surface area contributed by atoms with Crippen LogP contribution in [0.15, 0.2) is 53.4 Å². The summed E-state index contributed by atoms with van der Waals surface area (Å²) < 4.78 is 47.7. The van der Waals surface area contributed by atoms with Gasteiger partial charge in [-0.15, -0.1) is 0 Å². The highest BCUT2D eigenvalue weighted by molar-refractivity contribution is 7.89. The molecule has 32 heavy (non-hydrogen) atoms. The van der Waals surface area contributed by atoms with Crippen LogP contribution in [0.5, 0.6) is 5.75 Å². The summed E-state index contributed by atoms with van der Waals surface area (Å²) in [5, 5.41) is 6.84. The van der Waals surface area contributed by atoms with Crippen LogP contribution in [-0.4, -0.2) is 38.3 Å². The zero-order valence-electron chi connectivity index (χ0n) is 18.0. The van der Waals surface area contributed by atoms with Crippen molar-refractivity contribution in [2.75, 3.05) is 19.5 Å². The van der Waals surface area contributed by atoms with Crippen LogP contribution in [0.1, 0.15) is 17.0 Å². The number of hydrogen-bond acceptors (Lipinski definition) is 5. The number of rotatable bonds is 7. The van der Waals surface area contributed by atoms with Gasteiger partial charge in [-0.05, 0) is 68.9 Å². The lowest BCUT2D eigenvalue weighted by atomic mass is 10.2. The Kier molecular flexibility index (Phi) is 6.75. The van der Waals surface area contributed by atoms with Gasteiger partial charge >= 0.3 is 0 Å². The molecule has 0 spiro atoms. The molecule has 1 heterocycles. The number of aryl methyl sites for hydroxylation is 2. The normalized spacial score (nSPS) is 11.7. The number of halogens is 1. The summed E-state index contributed by atoms with van der Waals surface area (Å²) in [4.78, 5) is 12.2. The molecule has 0 fully saturated rings. The van der Waals surface area contributed by atoms with Crippen molar-refractivity contribution in [3.63, 3.8) is 0 Å². The SMILES string of the molecule is CNS(=O)(=O)c1cc(/C=C/C(=O)Nc2ccc(-n3nc(C)cc3C)c(F)c2)ccc1OC. The Bertz CT molecular complexity index is 1300. The summed E-state index contributed by atoms with van der Waals surface area (Å²) in [5.74, 6) is -0.855. The Morgan fingerprint density at radius 2 is 1.91 bits per heavy atom. The second-order valence-electron chi connectivity index (χ2n) is 6.95. The average Bonchev–Trinajstić information content (AvgIpc) is 3.09. The molecule has 2 N–H and O–H groups in total. The fraction of sp³-hybridized carbons (Fsp3) is 0.182. The average molecular weight is 459 g/mol. The Labute approximate surface area is 185 Å². The molecule has 0 aliphatic rings. The van der Waals surface area contributed by atoms with Gasteiger partial charge in [0.15, 0.2) is 5.82 Å². The van der Waals surface area contributed by atoms with E-state index in [4.69, 9.17) is 4.74 Å². The Balaban J connectivity index is 1.77. The van der Waals surface area contributed by atoms with Gasteiger partial charge in [-0.25, -0.2) is 22.2 Å². The molecule has 1 amide bonds. The van der Waals surface area contributed by atoms with E-state index in [-0.39, 0.29) is 22.0 Å². The second kappa shape index (κ2) is 9.33. The number of carbonyl (C=O) groups excluding carboxylic acids is 1. The summed E-state index contributed by atoms with van der Waals surface area (Å²) in [7, 11) is -1.08. The van der Waals surface area contributed by atoms with E-state index in [2.05, 4.69) is 15.1 Å². The van der Waals surface area contributed by atoms with E-state index in [0.29, 0.717) is 5.56 Å². The number of anilines is 1. The summed E-state index contributed by atoms with van der Waals surface area (Å²) >= 11 is 0. The first-order valence-corrected chi connectivity index (χ1v) is 11.1. The zero-order valence-corrected chi connectivity index (χ0v) is 18.8. The Hall–Kier alpha value is -3.50. The van der Waals surface area contributed by atoms with Gasteiger partial charge in [0, 0.05) is 17.5 Å². The van der Waals surface area contributed by atoms with E-state index in [1.54, 1.807) is 12.1 Å². The number of nitrogens with zero attached hydrogens (tertiary/aromatic N) is 2. The number of nitrogens with one attached hydrogen (secondary N) is 2. The first kappa shape index (κ1) is 23.2. The minimum atomic E-state index is -3.74. The molecule has 2 aromatic carbocycles. The van der Waals surface area contributed by atoms with Gasteiger partial charge in [0.2, 0.25) is 15.9 Å². The molecule has 3 rings (SSSR count). The number of sulfonamides is 1. The van der Waals surface area contributed by atoms with Crippen molar-refractivity contribution in [3.8, 4) is 11.4 Å². The minimum Gasteiger partial charge on any atom is -0.495 e. The standard InChI is InChI=1S/C22H23FN4O4S/c1-14-11-15(2)27(26-14)19-8-7-17(13-18(19)23)25-22(28)10-6-16-5-9-20(31-4)21(12-16)32(29,30)24-3/h5-13,24H,1-4H3,(H,25,28)/b10-6+. The third-order valence-electron chi connectivity index (χ3n) is 4.63. The zero-order chi connectivity index (χ0) is 23.5. The Morgan fingerprint density at radius 1 is 1.16 bits per heavy atom. The first-order chi connectivity index (χ1) is 15.1. The van der Waals surface area contributed by atoms with Gasteiger partial charge in [0.25, 0.3) is 0 Å². The molecular formula is C22H23FN4O4S. The molecule has 10 heteroatoms. The topological polar surface area (TPSA) is 102 Å². The maximum absolute atomic E-state index is 14.6. The van der Waals surface area contributed by atoms with Crippen molar-refractivity contribution < 1.29 is 22.3 Å². The van der Waals surface area contributed by atoms with Gasteiger partial charge in [-0.2, -0.15) is 5.10 Å². The second-order valence-corrected chi connectivity index (χ2v) is 8.80. The van der Waals surface area contributed by atoms with E-state index in [0.717, 1.165) is 11.4 Å². The molecule has 3 aromatic rings. The first-order valence-electron chi connectivity index (χ1n) is 9.58. The molecule has 0 atom stereocenters. The third kappa shape index (κ3) is 5.04. The fourth-order valence-electron chi connectivity index (χ4n) is 3.10. The van der Waals surface area contributed by atoms with Crippen LogP contribution in [0.4, 0.5) is 10.1 Å². The van der Waals surface area contributed by atoms with Crippen LogP contribution in [0, 0.1) is 19.7 Å². The number of aromatic nitrogens is 2. The van der Waals surface area contributed by atoms with Crippen LogP contribution in [0.25, 0.3) is 11.8 Å². The highest BCUT2D eigenvalue weighted by Crippen LogP contribution is 2.25. The predicted molar refractivity (Wildman–Crippen MR) is 120 cm³/mol. The van der Waals surface area contributed by atoms with E-state index >= 15 is 0 Å². The molecule has 0 bridgehead atoms. The molecule has 0 radical (unpaired) electrons. The largest absolute Gasteiger partial charge is 0.495 e. The lowest BCUT2D eigenvalue weighted by Crippen LogP contribution is -2.19. The molecular weight excluding hydrogens is 435 g/mol. The van der Waals surface area contributed by atoms with E-state index in [1.807, 2.05) is 19.9 Å². The highest BCUT2D eigenvalue weighted by atomic mass is 32.2.